The number of hydrogen-bond donors (Lipinski definition) is 0. The number of imidazole rings is 1. The molecule has 0 N–H and O–H groups in total. The van der Waals surface area contributed by atoms with Crippen LogP contribution in [-0.2, 0) is 0 Å². The average Bonchev–Trinajstić information content (AvgIpc) is 2.80. The number of pyridine rings is 1. The maximum absolute atomic E-state index is 6.10. The van der Waals surface area contributed by atoms with Gasteiger partial charge in [-0.1, -0.05) is 34.8 Å². The molecule has 0 unspecified atom stereocenters. The molecule has 0 atom stereocenters. The van der Waals surface area contributed by atoms with Crippen LogP contribution in [0.25, 0.3) is 16.9 Å². The first-order valence-corrected chi connectivity index (χ1v) is 6.68. The molecule has 0 aromatic carbocycles. The van der Waals surface area contributed by atoms with Gasteiger partial charge in [0.25, 0.3) is 0 Å². The van der Waals surface area contributed by atoms with Crippen molar-refractivity contribution >= 4 is 51.8 Å². The first-order chi connectivity index (χ1) is 8.13. The number of aromatic nitrogens is 2. The summed E-state index contributed by atoms with van der Waals surface area (Å²) in [4.78, 5) is 4.47. The molecule has 0 spiro atoms. The summed E-state index contributed by atoms with van der Waals surface area (Å²) in [6, 6.07) is 5.47. The Bertz CT molecular complexity index is 702. The fourth-order valence-corrected chi connectivity index (χ4v) is 3.26. The molecule has 0 radical (unpaired) electrons. The fourth-order valence-electron chi connectivity index (χ4n) is 1.61. The van der Waals surface area contributed by atoms with Crippen molar-refractivity contribution in [3.05, 3.63) is 44.3 Å². The van der Waals surface area contributed by atoms with Gasteiger partial charge in [-0.25, -0.2) is 4.98 Å². The Labute approximate surface area is 116 Å². The van der Waals surface area contributed by atoms with Crippen molar-refractivity contribution < 1.29 is 0 Å². The van der Waals surface area contributed by atoms with Crippen LogP contribution >= 0.6 is 46.1 Å². The van der Waals surface area contributed by atoms with Crippen LogP contribution < -0.4 is 0 Å². The van der Waals surface area contributed by atoms with Crippen molar-refractivity contribution in [3.63, 3.8) is 0 Å². The molecule has 0 aliphatic heterocycles. The summed E-state index contributed by atoms with van der Waals surface area (Å²) in [7, 11) is 0. The van der Waals surface area contributed by atoms with Crippen molar-refractivity contribution in [2.24, 2.45) is 0 Å². The van der Waals surface area contributed by atoms with Crippen molar-refractivity contribution in [2.75, 3.05) is 0 Å². The molecular formula is C11H5Cl3N2S. The van der Waals surface area contributed by atoms with Gasteiger partial charge in [-0.2, -0.15) is 0 Å². The molecule has 3 aromatic rings. The molecule has 3 heterocycles. The summed E-state index contributed by atoms with van der Waals surface area (Å²) < 4.78 is 3.16. The van der Waals surface area contributed by atoms with Gasteiger partial charge in [0.1, 0.15) is 9.98 Å². The summed E-state index contributed by atoms with van der Waals surface area (Å²) in [6.45, 7) is 0. The minimum absolute atomic E-state index is 0.643. The second kappa shape index (κ2) is 4.18. The SMILES string of the molecule is Clc1ccc2nc(-c3cc(Cl)sc3Cl)cn2c1. The molecule has 0 aliphatic rings. The van der Waals surface area contributed by atoms with Gasteiger partial charge >= 0.3 is 0 Å². The zero-order valence-corrected chi connectivity index (χ0v) is 11.4. The standard InChI is InChI=1S/C11H5Cl3N2S/c12-6-1-2-10-15-8(5-16(10)4-6)7-3-9(13)17-11(7)14/h1-5H. The largest absolute Gasteiger partial charge is 0.305 e. The Morgan fingerprint density at radius 1 is 1.12 bits per heavy atom. The summed E-state index contributed by atoms with van der Waals surface area (Å²) in [5, 5.41) is 0.663. The summed E-state index contributed by atoms with van der Waals surface area (Å²) in [5.74, 6) is 0. The Balaban J connectivity index is 2.21. The van der Waals surface area contributed by atoms with E-state index in [9.17, 15) is 0 Å². The Kier molecular flexibility index (Phi) is 2.79. The lowest BCUT2D eigenvalue weighted by Gasteiger charge is -1.91. The molecule has 0 amide bonds. The lowest BCUT2D eigenvalue weighted by atomic mass is 10.3. The van der Waals surface area contributed by atoms with E-state index in [1.807, 2.05) is 22.7 Å². The maximum atomic E-state index is 6.10. The van der Waals surface area contributed by atoms with Gasteiger partial charge in [0.15, 0.2) is 0 Å². The van der Waals surface area contributed by atoms with Crippen molar-refractivity contribution in [2.45, 2.75) is 0 Å². The number of rotatable bonds is 1. The monoisotopic (exact) mass is 302 g/mol. The molecular weight excluding hydrogens is 299 g/mol. The van der Waals surface area contributed by atoms with Crippen LogP contribution in [0.3, 0.4) is 0 Å². The molecule has 17 heavy (non-hydrogen) atoms. The van der Waals surface area contributed by atoms with E-state index in [1.54, 1.807) is 12.3 Å². The average molecular weight is 304 g/mol. The van der Waals surface area contributed by atoms with Gasteiger partial charge in [0, 0.05) is 18.0 Å². The molecule has 0 bridgehead atoms. The predicted octanol–water partition coefficient (Wildman–Crippen LogP) is 5.02. The van der Waals surface area contributed by atoms with Crippen molar-refractivity contribution in [3.8, 4) is 11.3 Å². The smallest absolute Gasteiger partial charge is 0.137 e. The number of hydrogen-bond acceptors (Lipinski definition) is 2. The third-order valence-corrected chi connectivity index (χ3v) is 4.06. The fraction of sp³-hybridized carbons (Fsp3) is 0. The molecule has 86 valence electrons. The minimum Gasteiger partial charge on any atom is -0.305 e. The molecule has 2 nitrogen and oxygen atoms in total. The van der Waals surface area contributed by atoms with Crippen LogP contribution in [0.2, 0.25) is 13.7 Å². The molecule has 6 heteroatoms. The topological polar surface area (TPSA) is 17.3 Å². The number of thiophene rings is 1. The lowest BCUT2D eigenvalue weighted by Crippen LogP contribution is -1.79. The number of fused-ring (bicyclic) bond motifs is 1. The van der Waals surface area contributed by atoms with Gasteiger partial charge in [-0.05, 0) is 18.2 Å². The van der Waals surface area contributed by atoms with Gasteiger partial charge in [-0.15, -0.1) is 11.3 Å². The third kappa shape index (κ3) is 2.04. The van der Waals surface area contributed by atoms with E-state index in [1.165, 1.54) is 11.3 Å². The molecule has 3 rings (SSSR count). The van der Waals surface area contributed by atoms with E-state index in [0.717, 1.165) is 16.9 Å². The maximum Gasteiger partial charge on any atom is 0.137 e. The highest BCUT2D eigenvalue weighted by molar-refractivity contribution is 7.20. The number of nitrogens with zero attached hydrogens (tertiary/aromatic N) is 2. The van der Waals surface area contributed by atoms with Gasteiger partial charge < -0.3 is 4.40 Å². The van der Waals surface area contributed by atoms with Crippen molar-refractivity contribution in [1.82, 2.24) is 9.38 Å². The molecule has 0 aliphatic carbocycles. The van der Waals surface area contributed by atoms with E-state index < -0.39 is 0 Å². The second-order valence-electron chi connectivity index (χ2n) is 3.48. The van der Waals surface area contributed by atoms with Crippen LogP contribution in [0.5, 0.6) is 0 Å². The van der Waals surface area contributed by atoms with Crippen LogP contribution in [0.1, 0.15) is 0 Å². The molecule has 0 saturated carbocycles. The third-order valence-electron chi connectivity index (χ3n) is 2.35. The summed E-state index contributed by atoms with van der Waals surface area (Å²) >= 11 is 19.3. The Hall–Kier alpha value is -0.740. The highest BCUT2D eigenvalue weighted by atomic mass is 35.5. The first-order valence-electron chi connectivity index (χ1n) is 4.73. The molecule has 0 fully saturated rings. The van der Waals surface area contributed by atoms with E-state index in [-0.39, 0.29) is 0 Å². The number of halogens is 3. The Morgan fingerprint density at radius 3 is 2.65 bits per heavy atom. The quantitative estimate of drug-likeness (QED) is 0.617. The highest BCUT2D eigenvalue weighted by Gasteiger charge is 2.11. The normalized spacial score (nSPS) is 11.2. The molecule has 0 saturated heterocycles. The highest BCUT2D eigenvalue weighted by Crippen LogP contribution is 2.37. The van der Waals surface area contributed by atoms with Gasteiger partial charge in [-0.3, -0.25) is 0 Å². The van der Waals surface area contributed by atoms with Crippen LogP contribution in [-0.4, -0.2) is 9.38 Å². The zero-order chi connectivity index (χ0) is 12.0. The Morgan fingerprint density at radius 2 is 1.94 bits per heavy atom. The lowest BCUT2D eigenvalue weighted by molar-refractivity contribution is 1.19. The van der Waals surface area contributed by atoms with Crippen molar-refractivity contribution in [1.29, 1.82) is 0 Å². The van der Waals surface area contributed by atoms with E-state index in [4.69, 9.17) is 34.8 Å². The van der Waals surface area contributed by atoms with E-state index in [0.29, 0.717) is 13.7 Å². The predicted molar refractivity (Wildman–Crippen MR) is 73.5 cm³/mol. The molecule has 3 aromatic heterocycles. The van der Waals surface area contributed by atoms with E-state index in [2.05, 4.69) is 4.98 Å². The zero-order valence-electron chi connectivity index (χ0n) is 8.32. The second-order valence-corrected chi connectivity index (χ2v) is 6.20. The van der Waals surface area contributed by atoms with Crippen LogP contribution in [0.4, 0.5) is 0 Å². The van der Waals surface area contributed by atoms with Gasteiger partial charge in [0.05, 0.1) is 15.1 Å². The van der Waals surface area contributed by atoms with Crippen LogP contribution in [0, 0.1) is 0 Å². The summed E-state index contributed by atoms with van der Waals surface area (Å²) in [5.41, 5.74) is 2.46. The minimum atomic E-state index is 0.643. The summed E-state index contributed by atoms with van der Waals surface area (Å²) in [6.07, 6.45) is 3.68. The van der Waals surface area contributed by atoms with E-state index >= 15 is 0 Å². The first kappa shape index (κ1) is 11.4. The van der Waals surface area contributed by atoms with Gasteiger partial charge in [0.2, 0.25) is 0 Å². The van der Waals surface area contributed by atoms with Crippen LogP contribution in [0.15, 0.2) is 30.6 Å².